The molecule has 3 aromatic rings. The lowest BCUT2D eigenvalue weighted by atomic mass is 9.96. The molecule has 206 valence electrons. The molecule has 0 amide bonds. The average molecular weight is 552 g/mol. The summed E-state index contributed by atoms with van der Waals surface area (Å²) < 4.78 is 42.5. The maximum absolute atomic E-state index is 16.0. The third-order valence-corrected chi connectivity index (χ3v) is 8.72. The molecule has 0 bridgehead atoms. The monoisotopic (exact) mass is 551 g/mol. The number of carbonyl (C=O) groups excluding carboxylic acids is 1. The number of hydrogen-bond donors (Lipinski definition) is 2. The Morgan fingerprint density at radius 3 is 2.56 bits per heavy atom. The summed E-state index contributed by atoms with van der Waals surface area (Å²) in [4.78, 5) is 14.8. The Kier molecular flexibility index (Phi) is 9.25. The molecule has 1 aliphatic heterocycles. The van der Waals surface area contributed by atoms with Crippen LogP contribution in [0.15, 0.2) is 65.6 Å². The number of carbonyl (C=O) groups is 1. The van der Waals surface area contributed by atoms with Crippen LogP contribution in [0.1, 0.15) is 56.0 Å². The van der Waals surface area contributed by atoms with Gasteiger partial charge >= 0.3 is 5.97 Å². The highest BCUT2D eigenvalue weighted by Crippen LogP contribution is 2.57. The van der Waals surface area contributed by atoms with Crippen molar-refractivity contribution in [2.45, 2.75) is 51.0 Å². The van der Waals surface area contributed by atoms with Gasteiger partial charge < -0.3 is 9.64 Å². The molecule has 1 aliphatic rings. The van der Waals surface area contributed by atoms with Crippen molar-refractivity contribution in [1.29, 1.82) is 5.26 Å². The first-order valence-corrected chi connectivity index (χ1v) is 14.7. The lowest BCUT2D eigenvalue weighted by molar-refractivity contribution is 0.0526. The van der Waals surface area contributed by atoms with E-state index in [-0.39, 0.29) is 41.5 Å². The van der Waals surface area contributed by atoms with E-state index in [9.17, 15) is 14.6 Å². The molecule has 9 heteroatoms. The van der Waals surface area contributed by atoms with Crippen molar-refractivity contribution in [3.05, 3.63) is 77.6 Å². The first kappa shape index (κ1) is 28.6. The predicted octanol–water partition coefficient (Wildman–Crippen LogP) is 7.34. The van der Waals surface area contributed by atoms with Crippen LogP contribution in [-0.2, 0) is 8.92 Å². The number of nitrogens with zero attached hydrogens (tertiary/aromatic N) is 2. The summed E-state index contributed by atoms with van der Waals surface area (Å²) in [6.07, 6.45) is 2.74. The molecule has 0 spiro atoms. The van der Waals surface area contributed by atoms with Crippen molar-refractivity contribution in [2.75, 3.05) is 24.7 Å². The highest BCUT2D eigenvalue weighted by atomic mass is 32.3. The topological polar surface area (TPSA) is 94.8 Å². The fraction of sp³-hybridized carbons (Fsp3) is 0.333. The summed E-state index contributed by atoms with van der Waals surface area (Å²) >= 11 is 0. The fourth-order valence-electron chi connectivity index (χ4n) is 4.75. The zero-order valence-corrected chi connectivity index (χ0v) is 23.3. The molecule has 0 saturated carbocycles. The molecular weight excluding hydrogens is 517 g/mol. The van der Waals surface area contributed by atoms with Crippen molar-refractivity contribution < 1.29 is 22.7 Å². The Bertz CT molecular complexity index is 1360. The van der Waals surface area contributed by atoms with Gasteiger partial charge in [0.05, 0.1) is 41.0 Å². The van der Waals surface area contributed by atoms with E-state index in [1.54, 1.807) is 19.9 Å². The first-order valence-electron chi connectivity index (χ1n) is 13.2. The van der Waals surface area contributed by atoms with Gasteiger partial charge in [0.25, 0.3) is 0 Å². The summed E-state index contributed by atoms with van der Waals surface area (Å²) in [6.45, 7) is 6.53. The average Bonchev–Trinajstić information content (AvgIpc) is 3.05. The van der Waals surface area contributed by atoms with Crippen LogP contribution in [0.25, 0.3) is 11.1 Å². The van der Waals surface area contributed by atoms with Crippen molar-refractivity contribution in [2.24, 2.45) is 0 Å². The standard InChI is InChI=1S/C30H34FN3O4S/c1-4-7-11-23-20-34(24-12-9-8-10-13-24)28-18-27(31)26(17-29(28)39(36,33-23)38-6-3)25-16-21(30(35)37-5-2)14-15-22(25)19-32/h8-10,12-18,23,33,36H,4-7,11,20H2,1-3H3/t23-/m1/s1. The van der Waals surface area contributed by atoms with E-state index in [1.807, 2.05) is 35.2 Å². The van der Waals surface area contributed by atoms with Crippen LogP contribution < -0.4 is 9.62 Å². The molecule has 7 nitrogen and oxygen atoms in total. The third kappa shape index (κ3) is 6.10. The van der Waals surface area contributed by atoms with Crippen LogP contribution in [0.4, 0.5) is 15.8 Å². The number of fused-ring (bicyclic) bond motifs is 1. The Balaban J connectivity index is 1.95. The molecule has 1 heterocycles. The third-order valence-electron chi connectivity index (χ3n) is 6.57. The van der Waals surface area contributed by atoms with Crippen molar-refractivity contribution in [1.82, 2.24) is 4.72 Å². The number of para-hydroxylation sites is 1. The van der Waals surface area contributed by atoms with Crippen LogP contribution in [0, 0.1) is 17.1 Å². The number of ether oxygens (including phenoxy) is 1. The molecule has 39 heavy (non-hydrogen) atoms. The van der Waals surface area contributed by atoms with E-state index in [1.165, 1.54) is 24.3 Å². The zero-order chi connectivity index (χ0) is 28.0. The number of nitrogens with one attached hydrogen (secondary N) is 1. The maximum Gasteiger partial charge on any atom is 0.338 e. The van der Waals surface area contributed by atoms with Crippen molar-refractivity contribution >= 4 is 28.1 Å². The van der Waals surface area contributed by atoms with Gasteiger partial charge in [0.15, 0.2) is 0 Å². The van der Waals surface area contributed by atoms with Gasteiger partial charge in [0.2, 0.25) is 0 Å². The van der Waals surface area contributed by atoms with Crippen LogP contribution in [0.5, 0.6) is 0 Å². The van der Waals surface area contributed by atoms with Gasteiger partial charge in [-0.25, -0.2) is 13.9 Å². The van der Waals surface area contributed by atoms with E-state index in [0.717, 1.165) is 24.9 Å². The molecule has 0 aromatic heterocycles. The second-order valence-corrected chi connectivity index (χ2v) is 11.2. The molecular formula is C30H34FN3O4S. The molecule has 2 N–H and O–H groups in total. The molecule has 0 radical (unpaired) electrons. The molecule has 3 aromatic carbocycles. The zero-order valence-electron chi connectivity index (χ0n) is 22.4. The minimum absolute atomic E-state index is 0.0869. The van der Waals surface area contributed by atoms with Crippen LogP contribution in [0.3, 0.4) is 0 Å². The second-order valence-electron chi connectivity index (χ2n) is 9.23. The summed E-state index contributed by atoms with van der Waals surface area (Å²) in [5.41, 5.74) is 2.07. The van der Waals surface area contributed by atoms with Crippen LogP contribution in [0.2, 0.25) is 0 Å². The maximum atomic E-state index is 16.0. The number of anilines is 2. The number of halogens is 1. The quantitative estimate of drug-likeness (QED) is 0.269. The number of rotatable bonds is 9. The van der Waals surface area contributed by atoms with Gasteiger partial charge in [-0.15, -0.1) is 10.8 Å². The van der Waals surface area contributed by atoms with E-state index < -0.39 is 22.6 Å². The second kappa shape index (κ2) is 12.6. The summed E-state index contributed by atoms with van der Waals surface area (Å²) in [6, 6.07) is 19.0. The smallest absolute Gasteiger partial charge is 0.338 e. The Morgan fingerprint density at radius 2 is 1.90 bits per heavy atom. The number of unbranched alkanes of at least 4 members (excludes halogenated alkanes) is 1. The first-order chi connectivity index (χ1) is 18.8. The van der Waals surface area contributed by atoms with Crippen LogP contribution in [-0.4, -0.2) is 36.3 Å². The van der Waals surface area contributed by atoms with E-state index in [0.29, 0.717) is 17.1 Å². The number of nitriles is 1. The SMILES string of the molecule is CCCC[C@@H]1CN(c2ccccc2)c2cc(F)c(-c3cc(C(=O)OCC)ccc3C#N)cc2S(O)(OCC)N1. The molecule has 0 aliphatic carbocycles. The van der Waals surface area contributed by atoms with E-state index in [4.69, 9.17) is 8.92 Å². The Labute approximate surface area is 231 Å². The van der Waals surface area contributed by atoms with Crippen LogP contribution >= 0.6 is 10.8 Å². The summed E-state index contributed by atoms with van der Waals surface area (Å²) in [7, 11) is -3.04. The van der Waals surface area contributed by atoms with Crippen molar-refractivity contribution in [3.63, 3.8) is 0 Å². The molecule has 1 unspecified atom stereocenters. The largest absolute Gasteiger partial charge is 0.462 e. The van der Waals surface area contributed by atoms with Gasteiger partial charge in [-0.3, -0.25) is 8.74 Å². The van der Waals surface area contributed by atoms with Gasteiger partial charge in [-0.2, -0.15) is 5.26 Å². The Hall–Kier alpha value is -3.42. The van der Waals surface area contributed by atoms with Crippen molar-refractivity contribution in [3.8, 4) is 17.2 Å². The fourth-order valence-corrected chi connectivity index (χ4v) is 6.79. The lowest BCUT2D eigenvalue weighted by Crippen LogP contribution is -2.38. The number of hydrogen-bond acceptors (Lipinski definition) is 7. The molecule has 2 atom stereocenters. The van der Waals surface area contributed by atoms with Gasteiger partial charge in [-0.05, 0) is 56.7 Å². The summed E-state index contributed by atoms with van der Waals surface area (Å²) in [5.74, 6) is -1.15. The normalized spacial score (nSPS) is 20.3. The Morgan fingerprint density at radius 1 is 1.13 bits per heavy atom. The van der Waals surface area contributed by atoms with Gasteiger partial charge in [0.1, 0.15) is 5.82 Å². The highest BCUT2D eigenvalue weighted by molar-refractivity contribution is 8.23. The minimum atomic E-state index is -3.04. The number of esters is 1. The van der Waals surface area contributed by atoms with E-state index in [2.05, 4.69) is 17.7 Å². The lowest BCUT2D eigenvalue weighted by Gasteiger charge is -2.40. The predicted molar refractivity (Wildman–Crippen MR) is 153 cm³/mol. The molecule has 0 fully saturated rings. The number of benzene rings is 3. The van der Waals surface area contributed by atoms with E-state index >= 15 is 4.39 Å². The molecule has 0 saturated heterocycles. The minimum Gasteiger partial charge on any atom is -0.462 e. The molecule has 4 rings (SSSR count). The van der Waals surface area contributed by atoms with Gasteiger partial charge in [0, 0.05) is 35.5 Å². The summed E-state index contributed by atoms with van der Waals surface area (Å²) in [5, 5.41) is 9.80. The highest BCUT2D eigenvalue weighted by Gasteiger charge is 2.35. The van der Waals surface area contributed by atoms with Gasteiger partial charge in [-0.1, -0.05) is 38.0 Å².